The number of alkyl halides is 1. The van der Waals surface area contributed by atoms with Gasteiger partial charge in [0.25, 0.3) is 0 Å². The normalized spacial score (nSPS) is 31.1. The highest BCUT2D eigenvalue weighted by Gasteiger charge is 2.42. The summed E-state index contributed by atoms with van der Waals surface area (Å²) < 4.78 is 0. The van der Waals surface area contributed by atoms with Crippen LogP contribution in [0.2, 0.25) is 0 Å². The molecule has 2 fully saturated rings. The fourth-order valence-electron chi connectivity index (χ4n) is 4.12. The zero-order chi connectivity index (χ0) is 13.0. The van der Waals surface area contributed by atoms with Gasteiger partial charge in [-0.15, -0.1) is 11.6 Å². The zero-order valence-electron chi connectivity index (χ0n) is 10.7. The molecule has 0 amide bonds. The Kier molecular flexibility index (Phi) is 2.52. The summed E-state index contributed by atoms with van der Waals surface area (Å²) in [5.74, 6) is 2.34. The average Bonchev–Trinajstić information content (AvgIpc) is 3.09. The molecule has 4 atom stereocenters. The van der Waals surface area contributed by atoms with Crippen molar-refractivity contribution in [2.24, 2.45) is 17.8 Å². The highest BCUT2D eigenvalue weighted by molar-refractivity contribution is 6.21. The van der Waals surface area contributed by atoms with Crippen molar-refractivity contribution in [1.82, 2.24) is 9.97 Å². The van der Waals surface area contributed by atoms with Crippen LogP contribution in [-0.2, 0) is 0 Å². The van der Waals surface area contributed by atoms with E-state index in [9.17, 15) is 4.79 Å². The Morgan fingerprint density at radius 1 is 1.16 bits per heavy atom. The first-order valence-electron chi connectivity index (χ1n) is 7.07. The summed E-state index contributed by atoms with van der Waals surface area (Å²) in [5.41, 5.74) is 2.70. The van der Waals surface area contributed by atoms with Crippen LogP contribution in [0.3, 0.4) is 0 Å². The van der Waals surface area contributed by atoms with Gasteiger partial charge in [-0.25, -0.2) is 4.79 Å². The van der Waals surface area contributed by atoms with Gasteiger partial charge in [0.2, 0.25) is 0 Å². The molecule has 0 saturated heterocycles. The van der Waals surface area contributed by atoms with Gasteiger partial charge in [-0.1, -0.05) is 12.5 Å². The van der Waals surface area contributed by atoms with E-state index in [0.29, 0.717) is 5.92 Å². The van der Waals surface area contributed by atoms with Crippen molar-refractivity contribution in [2.75, 3.05) is 0 Å². The first-order chi connectivity index (χ1) is 9.20. The van der Waals surface area contributed by atoms with Crippen LogP contribution in [0.1, 0.15) is 36.6 Å². The van der Waals surface area contributed by atoms with Crippen molar-refractivity contribution in [3.05, 3.63) is 34.2 Å². The maximum absolute atomic E-state index is 11.3. The van der Waals surface area contributed by atoms with Crippen LogP contribution in [0, 0.1) is 17.8 Å². The van der Waals surface area contributed by atoms with Gasteiger partial charge in [0.15, 0.2) is 0 Å². The molecule has 19 heavy (non-hydrogen) atoms. The Balaban J connectivity index is 1.67. The molecule has 1 heterocycles. The lowest BCUT2D eigenvalue weighted by Crippen LogP contribution is -2.15. The van der Waals surface area contributed by atoms with E-state index >= 15 is 0 Å². The van der Waals surface area contributed by atoms with E-state index in [2.05, 4.69) is 16.0 Å². The summed E-state index contributed by atoms with van der Waals surface area (Å²) in [6.07, 6.45) is 5.40. The van der Waals surface area contributed by atoms with E-state index in [1.807, 2.05) is 12.1 Å². The van der Waals surface area contributed by atoms with E-state index in [4.69, 9.17) is 11.6 Å². The second kappa shape index (κ2) is 4.14. The predicted molar refractivity (Wildman–Crippen MR) is 76.5 cm³/mol. The molecule has 3 nitrogen and oxygen atoms in total. The number of H-pyrrole nitrogens is 2. The van der Waals surface area contributed by atoms with E-state index < -0.39 is 0 Å². The first-order valence-corrected chi connectivity index (χ1v) is 7.50. The molecule has 1 aromatic heterocycles. The fourth-order valence-corrected chi connectivity index (χ4v) is 4.57. The van der Waals surface area contributed by atoms with Crippen LogP contribution in [0.15, 0.2) is 23.0 Å². The molecule has 4 heteroatoms. The molecule has 2 saturated carbocycles. The van der Waals surface area contributed by atoms with Gasteiger partial charge in [0, 0.05) is 0 Å². The lowest BCUT2D eigenvalue weighted by Gasteiger charge is -2.26. The second-order valence-corrected chi connectivity index (χ2v) is 6.59. The monoisotopic (exact) mass is 276 g/mol. The molecule has 1 aromatic carbocycles. The quantitative estimate of drug-likeness (QED) is 0.810. The van der Waals surface area contributed by atoms with Crippen LogP contribution in [0.4, 0.5) is 0 Å². The van der Waals surface area contributed by atoms with E-state index in [0.717, 1.165) is 28.4 Å². The third kappa shape index (κ3) is 1.83. The molecule has 4 rings (SSSR count). The van der Waals surface area contributed by atoms with Crippen LogP contribution in [0.5, 0.6) is 0 Å². The Labute approximate surface area is 116 Å². The number of halogens is 1. The predicted octanol–water partition coefficient (Wildman–Crippen LogP) is 3.57. The summed E-state index contributed by atoms with van der Waals surface area (Å²) in [6.45, 7) is 0. The minimum atomic E-state index is -0.154. The highest BCUT2D eigenvalue weighted by atomic mass is 35.5. The Morgan fingerprint density at radius 2 is 2.00 bits per heavy atom. The van der Waals surface area contributed by atoms with Gasteiger partial charge in [-0.05, 0) is 54.7 Å². The summed E-state index contributed by atoms with van der Waals surface area (Å²) in [7, 11) is 0. The minimum Gasteiger partial charge on any atom is -0.306 e. The van der Waals surface area contributed by atoms with Crippen molar-refractivity contribution in [3.63, 3.8) is 0 Å². The molecular formula is C15H17ClN2O. The van der Waals surface area contributed by atoms with Crippen LogP contribution in [-0.4, -0.2) is 9.97 Å². The van der Waals surface area contributed by atoms with Gasteiger partial charge >= 0.3 is 5.69 Å². The van der Waals surface area contributed by atoms with Crippen LogP contribution >= 0.6 is 11.6 Å². The number of hydrogen-bond acceptors (Lipinski definition) is 1. The number of benzene rings is 1. The van der Waals surface area contributed by atoms with E-state index in [1.165, 1.54) is 25.7 Å². The molecule has 0 radical (unpaired) electrons. The second-order valence-electron chi connectivity index (χ2n) is 6.12. The topological polar surface area (TPSA) is 48.6 Å². The Morgan fingerprint density at radius 3 is 2.74 bits per heavy atom. The molecule has 2 bridgehead atoms. The maximum atomic E-state index is 11.3. The Bertz CT molecular complexity index is 674. The summed E-state index contributed by atoms with van der Waals surface area (Å²) in [6, 6.07) is 6.03. The maximum Gasteiger partial charge on any atom is 0.323 e. The molecule has 0 spiro atoms. The van der Waals surface area contributed by atoms with Gasteiger partial charge in [0.1, 0.15) is 0 Å². The van der Waals surface area contributed by atoms with Crippen molar-refractivity contribution in [2.45, 2.75) is 31.1 Å². The molecule has 2 aromatic rings. The number of aromatic nitrogens is 2. The molecule has 2 aliphatic carbocycles. The van der Waals surface area contributed by atoms with Gasteiger partial charge in [0.05, 0.1) is 16.4 Å². The van der Waals surface area contributed by atoms with Crippen molar-refractivity contribution in [1.29, 1.82) is 0 Å². The molecule has 100 valence electrons. The molecule has 2 N–H and O–H groups in total. The molecule has 2 aliphatic rings. The van der Waals surface area contributed by atoms with Gasteiger partial charge < -0.3 is 9.97 Å². The summed E-state index contributed by atoms with van der Waals surface area (Å²) >= 11 is 6.71. The van der Waals surface area contributed by atoms with Crippen LogP contribution in [0.25, 0.3) is 11.0 Å². The summed E-state index contributed by atoms with van der Waals surface area (Å²) in [5, 5.41) is 0.0816. The van der Waals surface area contributed by atoms with E-state index in [-0.39, 0.29) is 11.1 Å². The number of imidazole rings is 1. The first kappa shape index (κ1) is 11.6. The smallest absolute Gasteiger partial charge is 0.306 e. The largest absolute Gasteiger partial charge is 0.323 e. The number of rotatable bonds is 2. The highest BCUT2D eigenvalue weighted by Crippen LogP contribution is 2.54. The van der Waals surface area contributed by atoms with Gasteiger partial charge in [-0.2, -0.15) is 0 Å². The lowest BCUT2D eigenvalue weighted by atomic mass is 9.84. The number of hydrogen-bond donors (Lipinski definition) is 2. The lowest BCUT2D eigenvalue weighted by molar-refractivity contribution is 0.323. The standard InChI is InChI=1S/C15H17ClN2O/c16-14(11-6-8-1-2-9(11)5-8)10-3-4-12-13(7-10)18-15(19)17-12/h3-4,7-9,11,14H,1-2,5-6H2,(H2,17,18,19). The average molecular weight is 277 g/mol. The fraction of sp³-hybridized carbons (Fsp3) is 0.533. The Hall–Kier alpha value is -1.22. The third-order valence-corrected chi connectivity index (χ3v) is 5.60. The molecule has 0 aliphatic heterocycles. The van der Waals surface area contributed by atoms with Gasteiger partial charge in [-0.3, -0.25) is 0 Å². The number of aromatic amines is 2. The van der Waals surface area contributed by atoms with Crippen molar-refractivity contribution in [3.8, 4) is 0 Å². The number of fused-ring (bicyclic) bond motifs is 3. The van der Waals surface area contributed by atoms with E-state index in [1.54, 1.807) is 0 Å². The van der Waals surface area contributed by atoms with Crippen LogP contribution < -0.4 is 5.69 Å². The zero-order valence-corrected chi connectivity index (χ0v) is 11.4. The molecule has 4 unspecified atom stereocenters. The third-order valence-electron chi connectivity index (χ3n) is 5.03. The SMILES string of the molecule is O=c1[nH]c2ccc(C(Cl)C3CC4CCC3C4)cc2[nH]1. The molecular weight excluding hydrogens is 260 g/mol. The van der Waals surface area contributed by atoms with Crippen molar-refractivity contribution < 1.29 is 0 Å². The minimum absolute atomic E-state index is 0.0816. The summed E-state index contributed by atoms with van der Waals surface area (Å²) in [4.78, 5) is 16.9. The number of nitrogens with one attached hydrogen (secondary N) is 2. The van der Waals surface area contributed by atoms with Crippen molar-refractivity contribution >= 4 is 22.6 Å².